The fourth-order valence-corrected chi connectivity index (χ4v) is 4.66. The van der Waals surface area contributed by atoms with Crippen molar-refractivity contribution in [1.29, 1.82) is 0 Å². The minimum Gasteiger partial charge on any atom is -0.376 e. The summed E-state index contributed by atoms with van der Waals surface area (Å²) in [5.41, 5.74) is 3.12. The third kappa shape index (κ3) is 4.81. The predicted octanol–water partition coefficient (Wildman–Crippen LogP) is 4.07. The number of carbonyl (C=O) groups is 2. The van der Waals surface area contributed by atoms with E-state index in [2.05, 4.69) is 5.32 Å². The SMILES string of the molecule is Cc1c(C(=O)NCCOC2CCC2)ccc2nn(CC3CN(C(=O)c4ccc(Cl)cc4)C3)cc12. The van der Waals surface area contributed by atoms with Crippen molar-refractivity contribution in [3.05, 3.63) is 64.3 Å². The van der Waals surface area contributed by atoms with Gasteiger partial charge in [-0.2, -0.15) is 5.10 Å². The van der Waals surface area contributed by atoms with E-state index in [1.807, 2.05) is 34.8 Å². The molecule has 0 unspecified atom stereocenters. The van der Waals surface area contributed by atoms with Gasteiger partial charge in [0.05, 0.1) is 18.2 Å². The van der Waals surface area contributed by atoms with Crippen molar-refractivity contribution in [1.82, 2.24) is 20.0 Å². The van der Waals surface area contributed by atoms with E-state index in [-0.39, 0.29) is 11.8 Å². The molecule has 2 aliphatic rings. The van der Waals surface area contributed by atoms with Crippen molar-refractivity contribution in [2.45, 2.75) is 38.8 Å². The lowest BCUT2D eigenvalue weighted by Crippen LogP contribution is -2.51. The van der Waals surface area contributed by atoms with Crippen LogP contribution in [-0.2, 0) is 11.3 Å². The number of benzene rings is 2. The minimum atomic E-state index is -0.0836. The number of nitrogens with zero attached hydrogens (tertiary/aromatic N) is 3. The molecule has 2 aromatic carbocycles. The fraction of sp³-hybridized carbons (Fsp3) is 0.423. The molecule has 0 atom stereocenters. The molecular weight excluding hydrogens is 452 g/mol. The van der Waals surface area contributed by atoms with E-state index in [0.29, 0.717) is 54.4 Å². The van der Waals surface area contributed by atoms with E-state index < -0.39 is 0 Å². The first-order valence-corrected chi connectivity index (χ1v) is 12.3. The molecule has 1 saturated heterocycles. The van der Waals surface area contributed by atoms with Gasteiger partial charge in [-0.05, 0) is 68.1 Å². The predicted molar refractivity (Wildman–Crippen MR) is 131 cm³/mol. The number of likely N-dealkylation sites (tertiary alicyclic amines) is 1. The molecule has 1 saturated carbocycles. The summed E-state index contributed by atoms with van der Waals surface area (Å²) in [7, 11) is 0. The van der Waals surface area contributed by atoms with Crippen LogP contribution in [0.4, 0.5) is 0 Å². The Morgan fingerprint density at radius 1 is 1.15 bits per heavy atom. The molecule has 5 rings (SSSR count). The van der Waals surface area contributed by atoms with Gasteiger partial charge in [-0.3, -0.25) is 14.3 Å². The Hall–Kier alpha value is -2.90. The zero-order chi connectivity index (χ0) is 23.7. The maximum atomic E-state index is 12.7. The largest absolute Gasteiger partial charge is 0.376 e. The van der Waals surface area contributed by atoms with Crippen molar-refractivity contribution in [3.8, 4) is 0 Å². The lowest BCUT2D eigenvalue weighted by molar-refractivity contribution is 0.00440. The molecule has 34 heavy (non-hydrogen) atoms. The Bertz CT molecular complexity index is 1200. The highest BCUT2D eigenvalue weighted by Gasteiger charge is 2.31. The summed E-state index contributed by atoms with van der Waals surface area (Å²) in [6.07, 6.45) is 5.88. The molecule has 0 spiro atoms. The molecule has 178 valence electrons. The Morgan fingerprint density at radius 2 is 1.91 bits per heavy atom. The zero-order valence-corrected chi connectivity index (χ0v) is 20.1. The molecular formula is C26H29ClN4O3. The number of ether oxygens (including phenoxy) is 1. The molecule has 1 aromatic heterocycles. The second kappa shape index (κ2) is 9.76. The van der Waals surface area contributed by atoms with Gasteiger partial charge in [0.25, 0.3) is 11.8 Å². The highest BCUT2D eigenvalue weighted by Crippen LogP contribution is 2.25. The number of rotatable bonds is 8. The Labute approximate surface area is 204 Å². The van der Waals surface area contributed by atoms with Crippen molar-refractivity contribution < 1.29 is 14.3 Å². The zero-order valence-electron chi connectivity index (χ0n) is 19.3. The van der Waals surface area contributed by atoms with E-state index >= 15 is 0 Å². The number of hydrogen-bond acceptors (Lipinski definition) is 4. The first kappa shape index (κ1) is 22.9. The van der Waals surface area contributed by atoms with Crippen LogP contribution in [0.2, 0.25) is 5.02 Å². The number of nitrogens with one attached hydrogen (secondary N) is 1. The normalized spacial score (nSPS) is 16.4. The first-order chi connectivity index (χ1) is 16.5. The molecule has 2 amide bonds. The smallest absolute Gasteiger partial charge is 0.253 e. The third-order valence-electron chi connectivity index (χ3n) is 6.82. The monoisotopic (exact) mass is 480 g/mol. The highest BCUT2D eigenvalue weighted by atomic mass is 35.5. The second-order valence-corrected chi connectivity index (χ2v) is 9.72. The molecule has 7 nitrogen and oxygen atoms in total. The number of amides is 2. The maximum absolute atomic E-state index is 12.7. The molecule has 1 aliphatic carbocycles. The molecule has 2 heterocycles. The van der Waals surface area contributed by atoms with Gasteiger partial charge in [0.1, 0.15) is 0 Å². The number of carbonyl (C=O) groups excluding carboxylic acids is 2. The van der Waals surface area contributed by atoms with Crippen LogP contribution in [0.15, 0.2) is 42.6 Å². The summed E-state index contributed by atoms with van der Waals surface area (Å²) in [5, 5.41) is 9.25. The van der Waals surface area contributed by atoms with Crippen LogP contribution in [0.1, 0.15) is 45.5 Å². The Kier molecular flexibility index (Phi) is 6.57. The van der Waals surface area contributed by atoms with Gasteiger partial charge in [0, 0.05) is 59.8 Å². The minimum absolute atomic E-state index is 0.0307. The average Bonchev–Trinajstić information content (AvgIpc) is 3.18. The van der Waals surface area contributed by atoms with Crippen LogP contribution in [0, 0.1) is 12.8 Å². The van der Waals surface area contributed by atoms with Gasteiger partial charge in [-0.1, -0.05) is 11.6 Å². The molecule has 8 heteroatoms. The molecule has 0 bridgehead atoms. The van der Waals surface area contributed by atoms with Crippen molar-refractivity contribution in [3.63, 3.8) is 0 Å². The van der Waals surface area contributed by atoms with Crippen LogP contribution < -0.4 is 5.32 Å². The average molecular weight is 481 g/mol. The van der Waals surface area contributed by atoms with Gasteiger partial charge < -0.3 is 15.0 Å². The van der Waals surface area contributed by atoms with Gasteiger partial charge in [-0.15, -0.1) is 0 Å². The second-order valence-electron chi connectivity index (χ2n) is 9.28. The fourth-order valence-electron chi connectivity index (χ4n) is 4.53. The molecule has 2 fully saturated rings. The van der Waals surface area contributed by atoms with Crippen LogP contribution in [0.25, 0.3) is 10.9 Å². The van der Waals surface area contributed by atoms with Crippen molar-refractivity contribution in [2.24, 2.45) is 5.92 Å². The van der Waals surface area contributed by atoms with Crippen LogP contribution in [0.3, 0.4) is 0 Å². The van der Waals surface area contributed by atoms with Gasteiger partial charge in [-0.25, -0.2) is 0 Å². The Morgan fingerprint density at radius 3 is 2.62 bits per heavy atom. The summed E-state index contributed by atoms with van der Waals surface area (Å²) in [4.78, 5) is 27.1. The van der Waals surface area contributed by atoms with Crippen molar-refractivity contribution in [2.75, 3.05) is 26.2 Å². The standard InChI is InChI=1S/C26H29ClN4O3/c1-17-22(25(32)28-11-12-34-21-3-2-4-21)9-10-24-23(17)16-31(29-24)15-18-13-30(14-18)26(33)19-5-7-20(27)8-6-19/h5-10,16,18,21H,2-4,11-15H2,1H3,(H,28,32). The number of halogens is 1. The lowest BCUT2D eigenvalue weighted by Gasteiger charge is -2.39. The maximum Gasteiger partial charge on any atom is 0.253 e. The summed E-state index contributed by atoms with van der Waals surface area (Å²) in [6.45, 7) is 5.16. The molecule has 1 N–H and O–H groups in total. The third-order valence-corrected chi connectivity index (χ3v) is 7.08. The first-order valence-electron chi connectivity index (χ1n) is 11.9. The number of aromatic nitrogens is 2. The summed E-state index contributed by atoms with van der Waals surface area (Å²) in [6, 6.07) is 10.7. The Balaban J connectivity index is 1.16. The van der Waals surface area contributed by atoms with E-state index in [1.165, 1.54) is 6.42 Å². The van der Waals surface area contributed by atoms with E-state index in [0.717, 1.165) is 35.9 Å². The molecule has 0 radical (unpaired) electrons. The van der Waals surface area contributed by atoms with Gasteiger partial charge in [0.15, 0.2) is 0 Å². The van der Waals surface area contributed by atoms with Crippen molar-refractivity contribution >= 4 is 34.3 Å². The van der Waals surface area contributed by atoms with Gasteiger partial charge >= 0.3 is 0 Å². The van der Waals surface area contributed by atoms with E-state index in [4.69, 9.17) is 21.4 Å². The van der Waals surface area contributed by atoms with Crippen LogP contribution in [0.5, 0.6) is 0 Å². The number of hydrogen-bond donors (Lipinski definition) is 1. The summed E-state index contributed by atoms with van der Waals surface area (Å²) < 4.78 is 7.65. The number of aryl methyl sites for hydroxylation is 1. The van der Waals surface area contributed by atoms with Crippen LogP contribution in [-0.4, -0.2) is 58.8 Å². The lowest BCUT2D eigenvalue weighted by atomic mass is 9.96. The summed E-state index contributed by atoms with van der Waals surface area (Å²) in [5.74, 6) is 0.298. The quantitative estimate of drug-likeness (QED) is 0.493. The highest BCUT2D eigenvalue weighted by molar-refractivity contribution is 6.30. The van der Waals surface area contributed by atoms with E-state index in [9.17, 15) is 9.59 Å². The number of fused-ring (bicyclic) bond motifs is 1. The van der Waals surface area contributed by atoms with E-state index in [1.54, 1.807) is 24.3 Å². The van der Waals surface area contributed by atoms with Crippen LogP contribution >= 0.6 is 11.6 Å². The topological polar surface area (TPSA) is 76.5 Å². The van der Waals surface area contributed by atoms with Gasteiger partial charge in [0.2, 0.25) is 0 Å². The summed E-state index contributed by atoms with van der Waals surface area (Å²) >= 11 is 5.91. The molecule has 3 aromatic rings. The molecule has 1 aliphatic heterocycles.